The Morgan fingerprint density at radius 3 is 2.94 bits per heavy atom. The molecule has 2 nitrogen and oxygen atoms in total. The molecule has 2 heteroatoms. The zero-order valence-electron chi connectivity index (χ0n) is 10.9. The molecule has 17 heavy (non-hydrogen) atoms. The van der Waals surface area contributed by atoms with Crippen molar-refractivity contribution >= 4 is 10.9 Å². The van der Waals surface area contributed by atoms with Crippen LogP contribution in [-0.2, 0) is 13.5 Å². The zero-order chi connectivity index (χ0) is 12.0. The van der Waals surface area contributed by atoms with Crippen LogP contribution in [0.4, 0.5) is 0 Å². The molecule has 0 aliphatic heterocycles. The van der Waals surface area contributed by atoms with Crippen molar-refractivity contribution in [1.82, 2.24) is 9.88 Å². The number of hydrogen-bond donors (Lipinski definition) is 1. The molecule has 0 bridgehead atoms. The Labute approximate surface area is 103 Å². The molecule has 0 amide bonds. The van der Waals surface area contributed by atoms with E-state index in [2.05, 4.69) is 49.1 Å². The van der Waals surface area contributed by atoms with Gasteiger partial charge < -0.3 is 9.88 Å². The summed E-state index contributed by atoms with van der Waals surface area (Å²) in [6.07, 6.45) is 3.78. The average Bonchev–Trinajstić information content (AvgIpc) is 2.63. The number of nitrogens with zero attached hydrogens (tertiary/aromatic N) is 1. The van der Waals surface area contributed by atoms with E-state index in [1.807, 2.05) is 0 Å². The van der Waals surface area contributed by atoms with Gasteiger partial charge in [0.05, 0.1) is 0 Å². The predicted octanol–water partition coefficient (Wildman–Crippen LogP) is 3.08. The van der Waals surface area contributed by atoms with E-state index in [0.717, 1.165) is 0 Å². The van der Waals surface area contributed by atoms with Gasteiger partial charge in [-0.3, -0.25) is 0 Å². The molecule has 1 unspecified atom stereocenters. The van der Waals surface area contributed by atoms with Gasteiger partial charge in [0.15, 0.2) is 0 Å². The number of aryl methyl sites for hydroxylation is 3. The van der Waals surface area contributed by atoms with Crippen LogP contribution in [0.25, 0.3) is 10.9 Å². The maximum absolute atomic E-state index is 3.46. The van der Waals surface area contributed by atoms with E-state index in [4.69, 9.17) is 0 Å². The van der Waals surface area contributed by atoms with Crippen LogP contribution in [0.2, 0.25) is 0 Å². The molecular formula is C15H20N2. The summed E-state index contributed by atoms with van der Waals surface area (Å²) < 4.78 is 2.39. The molecule has 0 radical (unpaired) electrons. The van der Waals surface area contributed by atoms with Gasteiger partial charge in [-0.2, -0.15) is 0 Å². The third-order valence-corrected chi connectivity index (χ3v) is 4.11. The standard InChI is InChI=1S/C15H20N2/c1-10-7-8-11-12-5-4-6-13(16-2)15(12)17(3)14(11)9-10/h7-9,13,16H,4-6H2,1-3H3. The first-order valence-corrected chi connectivity index (χ1v) is 6.47. The van der Waals surface area contributed by atoms with Gasteiger partial charge in [0.2, 0.25) is 0 Å². The van der Waals surface area contributed by atoms with Crippen molar-refractivity contribution in [3.05, 3.63) is 35.0 Å². The van der Waals surface area contributed by atoms with Gasteiger partial charge in [0.25, 0.3) is 0 Å². The van der Waals surface area contributed by atoms with Crippen molar-refractivity contribution in [1.29, 1.82) is 0 Å². The Balaban J connectivity index is 2.33. The highest BCUT2D eigenvalue weighted by Crippen LogP contribution is 2.36. The minimum absolute atomic E-state index is 0.524. The van der Waals surface area contributed by atoms with Crippen molar-refractivity contribution in [2.24, 2.45) is 7.05 Å². The molecule has 1 N–H and O–H groups in total. The quantitative estimate of drug-likeness (QED) is 0.793. The van der Waals surface area contributed by atoms with Gasteiger partial charge in [-0.15, -0.1) is 0 Å². The first-order valence-electron chi connectivity index (χ1n) is 6.47. The fraction of sp³-hybridized carbons (Fsp3) is 0.467. The lowest BCUT2D eigenvalue weighted by Gasteiger charge is -2.24. The number of hydrogen-bond acceptors (Lipinski definition) is 1. The number of nitrogens with one attached hydrogen (secondary N) is 1. The molecule has 0 fully saturated rings. The summed E-state index contributed by atoms with van der Waals surface area (Å²) in [5.74, 6) is 0. The summed E-state index contributed by atoms with van der Waals surface area (Å²) in [4.78, 5) is 0. The van der Waals surface area contributed by atoms with Crippen molar-refractivity contribution in [3.8, 4) is 0 Å². The van der Waals surface area contributed by atoms with Crippen LogP contribution in [0.3, 0.4) is 0 Å². The van der Waals surface area contributed by atoms with Crippen molar-refractivity contribution in [2.75, 3.05) is 7.05 Å². The Kier molecular flexibility index (Phi) is 2.48. The first kappa shape index (κ1) is 10.8. The molecule has 90 valence electrons. The Bertz CT molecular complexity index is 566. The highest BCUT2D eigenvalue weighted by Gasteiger charge is 2.25. The third kappa shape index (κ3) is 1.51. The van der Waals surface area contributed by atoms with Gasteiger partial charge in [0, 0.05) is 29.7 Å². The van der Waals surface area contributed by atoms with Gasteiger partial charge in [-0.1, -0.05) is 12.1 Å². The molecule has 0 spiro atoms. The van der Waals surface area contributed by atoms with Crippen LogP contribution in [0.5, 0.6) is 0 Å². The molecule has 1 aliphatic rings. The van der Waals surface area contributed by atoms with E-state index in [0.29, 0.717) is 6.04 Å². The van der Waals surface area contributed by atoms with Crippen LogP contribution in [0.15, 0.2) is 18.2 Å². The molecule has 1 aromatic carbocycles. The maximum Gasteiger partial charge on any atom is 0.0485 e. The smallest absolute Gasteiger partial charge is 0.0485 e. The summed E-state index contributed by atoms with van der Waals surface area (Å²) in [7, 11) is 4.28. The number of rotatable bonds is 1. The zero-order valence-corrected chi connectivity index (χ0v) is 10.9. The molecular weight excluding hydrogens is 208 g/mol. The van der Waals surface area contributed by atoms with Gasteiger partial charge in [0.1, 0.15) is 0 Å². The lowest BCUT2D eigenvalue weighted by molar-refractivity contribution is 0.474. The minimum Gasteiger partial charge on any atom is -0.346 e. The van der Waals surface area contributed by atoms with Crippen molar-refractivity contribution in [2.45, 2.75) is 32.2 Å². The lowest BCUT2D eigenvalue weighted by atomic mass is 9.91. The highest BCUT2D eigenvalue weighted by atomic mass is 15.0. The van der Waals surface area contributed by atoms with E-state index in [1.165, 1.54) is 41.4 Å². The molecule has 1 heterocycles. The summed E-state index contributed by atoms with van der Waals surface area (Å²) >= 11 is 0. The Hall–Kier alpha value is -1.28. The largest absolute Gasteiger partial charge is 0.346 e. The van der Waals surface area contributed by atoms with Crippen LogP contribution in [-0.4, -0.2) is 11.6 Å². The normalized spacial score (nSPS) is 19.6. The second-order valence-corrected chi connectivity index (χ2v) is 5.18. The van der Waals surface area contributed by atoms with Crippen LogP contribution >= 0.6 is 0 Å². The fourth-order valence-corrected chi connectivity index (χ4v) is 3.25. The minimum atomic E-state index is 0.524. The van der Waals surface area contributed by atoms with E-state index in [1.54, 1.807) is 5.56 Å². The van der Waals surface area contributed by atoms with Crippen molar-refractivity contribution < 1.29 is 0 Å². The molecule has 3 rings (SSSR count). The molecule has 1 aromatic heterocycles. The number of fused-ring (bicyclic) bond motifs is 3. The Morgan fingerprint density at radius 2 is 2.18 bits per heavy atom. The summed E-state index contributed by atoms with van der Waals surface area (Å²) in [6.45, 7) is 2.17. The molecule has 0 saturated carbocycles. The van der Waals surface area contributed by atoms with E-state index < -0.39 is 0 Å². The van der Waals surface area contributed by atoms with E-state index >= 15 is 0 Å². The second kappa shape index (κ2) is 3.88. The topological polar surface area (TPSA) is 17.0 Å². The Morgan fingerprint density at radius 1 is 1.35 bits per heavy atom. The maximum atomic E-state index is 3.46. The van der Waals surface area contributed by atoms with Crippen LogP contribution in [0, 0.1) is 6.92 Å². The molecule has 1 atom stereocenters. The average molecular weight is 228 g/mol. The van der Waals surface area contributed by atoms with E-state index in [9.17, 15) is 0 Å². The molecule has 0 saturated heterocycles. The molecule has 2 aromatic rings. The summed E-state index contributed by atoms with van der Waals surface area (Å²) in [5, 5.41) is 4.91. The monoisotopic (exact) mass is 228 g/mol. The first-order chi connectivity index (χ1) is 8.22. The van der Waals surface area contributed by atoms with Gasteiger partial charge >= 0.3 is 0 Å². The SMILES string of the molecule is CNC1CCCc2c1n(C)c1cc(C)ccc21. The summed E-state index contributed by atoms with van der Waals surface area (Å²) in [6, 6.07) is 7.35. The van der Waals surface area contributed by atoms with Gasteiger partial charge in [-0.05, 0) is 50.4 Å². The highest BCUT2D eigenvalue weighted by molar-refractivity contribution is 5.86. The third-order valence-electron chi connectivity index (χ3n) is 4.11. The van der Waals surface area contributed by atoms with Gasteiger partial charge in [-0.25, -0.2) is 0 Å². The fourth-order valence-electron chi connectivity index (χ4n) is 3.25. The van der Waals surface area contributed by atoms with Crippen LogP contribution < -0.4 is 5.32 Å². The second-order valence-electron chi connectivity index (χ2n) is 5.18. The van der Waals surface area contributed by atoms with Crippen LogP contribution in [0.1, 0.15) is 35.7 Å². The lowest BCUT2D eigenvalue weighted by Crippen LogP contribution is -2.23. The molecule has 1 aliphatic carbocycles. The van der Waals surface area contributed by atoms with E-state index in [-0.39, 0.29) is 0 Å². The number of aromatic nitrogens is 1. The van der Waals surface area contributed by atoms with Crippen molar-refractivity contribution in [3.63, 3.8) is 0 Å². The summed E-state index contributed by atoms with van der Waals surface area (Å²) in [5.41, 5.74) is 5.79. The number of benzene rings is 1. The predicted molar refractivity (Wildman–Crippen MR) is 72.4 cm³/mol.